The molecule has 1 aliphatic heterocycles. The number of carbonyl (C=O) groups excluding carboxylic acids is 1. The van der Waals surface area contributed by atoms with Crippen LogP contribution in [-0.2, 0) is 6.54 Å². The van der Waals surface area contributed by atoms with E-state index in [2.05, 4.69) is 33.2 Å². The molecule has 0 aliphatic carbocycles. The number of amides is 2. The largest absolute Gasteiger partial charge is 0.371 e. The van der Waals surface area contributed by atoms with Crippen molar-refractivity contribution in [2.45, 2.75) is 26.3 Å². The van der Waals surface area contributed by atoms with Gasteiger partial charge in [0, 0.05) is 43.9 Å². The van der Waals surface area contributed by atoms with E-state index in [1.54, 1.807) is 24.3 Å². The molecule has 0 unspecified atom stereocenters. The SMILES string of the molecule is Cc1c(NC(=O)N(C)Cc2ncc[nH]2)cccc1N1CCCC1. The number of rotatable bonds is 4. The summed E-state index contributed by atoms with van der Waals surface area (Å²) in [5, 5.41) is 3.00. The van der Waals surface area contributed by atoms with E-state index >= 15 is 0 Å². The molecule has 0 radical (unpaired) electrons. The number of aromatic amines is 1. The van der Waals surface area contributed by atoms with Gasteiger partial charge in [-0.15, -0.1) is 0 Å². The maximum Gasteiger partial charge on any atom is 0.321 e. The van der Waals surface area contributed by atoms with Crippen molar-refractivity contribution in [3.8, 4) is 0 Å². The van der Waals surface area contributed by atoms with Crippen LogP contribution in [0.15, 0.2) is 30.6 Å². The number of benzene rings is 1. The standard InChI is InChI=1S/C17H23N5O/c1-13-14(6-5-7-15(13)22-10-3-4-11-22)20-17(23)21(2)12-16-18-8-9-19-16/h5-9H,3-4,10-12H2,1-2H3,(H,18,19)(H,20,23). The lowest BCUT2D eigenvalue weighted by molar-refractivity contribution is 0.219. The lowest BCUT2D eigenvalue weighted by Gasteiger charge is -2.23. The fourth-order valence-electron chi connectivity index (χ4n) is 2.95. The molecule has 1 fully saturated rings. The fraction of sp³-hybridized carbons (Fsp3) is 0.412. The van der Waals surface area contributed by atoms with Gasteiger partial charge in [0.25, 0.3) is 0 Å². The summed E-state index contributed by atoms with van der Waals surface area (Å²) in [6, 6.07) is 5.95. The Kier molecular flexibility index (Phi) is 4.50. The lowest BCUT2D eigenvalue weighted by Crippen LogP contribution is -2.31. The molecule has 2 heterocycles. The summed E-state index contributed by atoms with van der Waals surface area (Å²) < 4.78 is 0. The third kappa shape index (κ3) is 3.47. The molecule has 2 aromatic rings. The van der Waals surface area contributed by atoms with Crippen molar-refractivity contribution in [3.05, 3.63) is 42.0 Å². The third-order valence-electron chi connectivity index (χ3n) is 4.28. The molecule has 6 heteroatoms. The minimum Gasteiger partial charge on any atom is -0.371 e. The predicted molar refractivity (Wildman–Crippen MR) is 91.7 cm³/mol. The van der Waals surface area contributed by atoms with Crippen LogP contribution < -0.4 is 10.2 Å². The van der Waals surface area contributed by atoms with Crippen molar-refractivity contribution >= 4 is 17.4 Å². The molecule has 1 saturated heterocycles. The van der Waals surface area contributed by atoms with Crippen LogP contribution in [0.4, 0.5) is 16.2 Å². The highest BCUT2D eigenvalue weighted by atomic mass is 16.2. The Labute approximate surface area is 136 Å². The van der Waals surface area contributed by atoms with Crippen LogP contribution >= 0.6 is 0 Å². The van der Waals surface area contributed by atoms with Crippen molar-refractivity contribution in [3.63, 3.8) is 0 Å². The van der Waals surface area contributed by atoms with Gasteiger partial charge >= 0.3 is 6.03 Å². The van der Waals surface area contributed by atoms with Crippen LogP contribution in [0.5, 0.6) is 0 Å². The second-order valence-corrected chi connectivity index (χ2v) is 5.97. The maximum atomic E-state index is 12.4. The second kappa shape index (κ2) is 6.73. The smallest absolute Gasteiger partial charge is 0.321 e. The summed E-state index contributed by atoms with van der Waals surface area (Å²) in [7, 11) is 1.76. The van der Waals surface area contributed by atoms with Crippen LogP contribution in [0.1, 0.15) is 24.2 Å². The molecule has 2 N–H and O–H groups in total. The first kappa shape index (κ1) is 15.4. The minimum absolute atomic E-state index is 0.136. The number of hydrogen-bond donors (Lipinski definition) is 2. The summed E-state index contributed by atoms with van der Waals surface area (Å²) >= 11 is 0. The summed E-state index contributed by atoms with van der Waals surface area (Å²) in [6.45, 7) is 4.70. The lowest BCUT2D eigenvalue weighted by atomic mass is 10.1. The number of urea groups is 1. The van der Waals surface area contributed by atoms with Gasteiger partial charge in [-0.1, -0.05) is 6.07 Å². The zero-order chi connectivity index (χ0) is 16.2. The number of H-pyrrole nitrogens is 1. The van der Waals surface area contributed by atoms with Gasteiger partial charge in [-0.3, -0.25) is 0 Å². The summed E-state index contributed by atoms with van der Waals surface area (Å²) in [6.07, 6.45) is 5.92. The number of nitrogens with zero attached hydrogens (tertiary/aromatic N) is 3. The van der Waals surface area contributed by atoms with Crippen LogP contribution in [0.25, 0.3) is 0 Å². The fourth-order valence-corrected chi connectivity index (χ4v) is 2.95. The van der Waals surface area contributed by atoms with Gasteiger partial charge in [0.15, 0.2) is 0 Å². The number of nitrogens with one attached hydrogen (secondary N) is 2. The number of hydrogen-bond acceptors (Lipinski definition) is 3. The molecule has 0 spiro atoms. The van der Waals surface area contributed by atoms with Crippen LogP contribution in [0.2, 0.25) is 0 Å². The monoisotopic (exact) mass is 313 g/mol. The molecule has 1 aliphatic rings. The van der Waals surface area contributed by atoms with Gasteiger partial charge < -0.3 is 20.1 Å². The first-order valence-electron chi connectivity index (χ1n) is 8.00. The Balaban J connectivity index is 1.69. The van der Waals surface area contributed by atoms with Crippen LogP contribution in [0.3, 0.4) is 0 Å². The number of carbonyl (C=O) groups is 1. The topological polar surface area (TPSA) is 64.3 Å². The van der Waals surface area contributed by atoms with Crippen molar-refractivity contribution in [1.29, 1.82) is 0 Å². The summed E-state index contributed by atoms with van der Waals surface area (Å²) in [5.74, 6) is 0.769. The van der Waals surface area contributed by atoms with Crippen molar-refractivity contribution in [2.24, 2.45) is 0 Å². The van der Waals surface area contributed by atoms with Crippen molar-refractivity contribution in [1.82, 2.24) is 14.9 Å². The number of anilines is 2. The molecule has 1 aromatic carbocycles. The molecular weight excluding hydrogens is 290 g/mol. The van der Waals surface area contributed by atoms with Crippen molar-refractivity contribution in [2.75, 3.05) is 30.4 Å². The molecule has 1 aromatic heterocycles. The Morgan fingerprint density at radius 2 is 2.17 bits per heavy atom. The molecule has 0 saturated carbocycles. The normalized spacial score (nSPS) is 14.1. The number of aromatic nitrogens is 2. The maximum absolute atomic E-state index is 12.4. The van der Waals surface area contributed by atoms with Gasteiger partial charge in [-0.2, -0.15) is 0 Å². The highest BCUT2D eigenvalue weighted by Crippen LogP contribution is 2.29. The molecule has 23 heavy (non-hydrogen) atoms. The number of imidazole rings is 1. The quantitative estimate of drug-likeness (QED) is 0.912. The highest BCUT2D eigenvalue weighted by molar-refractivity contribution is 5.91. The van der Waals surface area contributed by atoms with Crippen LogP contribution in [-0.4, -0.2) is 41.0 Å². The van der Waals surface area contributed by atoms with E-state index in [-0.39, 0.29) is 6.03 Å². The molecular formula is C17H23N5O. The minimum atomic E-state index is -0.136. The summed E-state index contributed by atoms with van der Waals surface area (Å²) in [4.78, 5) is 23.5. The van der Waals surface area contributed by atoms with Gasteiger partial charge in [-0.25, -0.2) is 9.78 Å². The average molecular weight is 313 g/mol. The Bertz CT molecular complexity index is 662. The first-order valence-corrected chi connectivity index (χ1v) is 8.00. The first-order chi connectivity index (χ1) is 11.1. The van der Waals surface area contributed by atoms with Gasteiger partial charge in [0.1, 0.15) is 5.82 Å². The average Bonchev–Trinajstić information content (AvgIpc) is 3.22. The predicted octanol–water partition coefficient (Wildman–Crippen LogP) is 2.98. The Hall–Kier alpha value is -2.50. The molecule has 2 amide bonds. The molecule has 0 atom stereocenters. The molecule has 0 bridgehead atoms. The van der Waals surface area contributed by atoms with E-state index in [1.165, 1.54) is 18.5 Å². The van der Waals surface area contributed by atoms with E-state index in [0.29, 0.717) is 6.54 Å². The Morgan fingerprint density at radius 1 is 1.39 bits per heavy atom. The van der Waals surface area contributed by atoms with Gasteiger partial charge in [0.2, 0.25) is 0 Å². The van der Waals surface area contributed by atoms with E-state index in [4.69, 9.17) is 0 Å². The molecule has 6 nitrogen and oxygen atoms in total. The van der Waals surface area contributed by atoms with Gasteiger partial charge in [0.05, 0.1) is 6.54 Å². The van der Waals surface area contributed by atoms with E-state index in [0.717, 1.165) is 30.2 Å². The second-order valence-electron chi connectivity index (χ2n) is 5.97. The van der Waals surface area contributed by atoms with E-state index in [9.17, 15) is 4.79 Å². The van der Waals surface area contributed by atoms with E-state index in [1.807, 2.05) is 12.1 Å². The van der Waals surface area contributed by atoms with Crippen LogP contribution in [0, 0.1) is 6.92 Å². The van der Waals surface area contributed by atoms with Crippen molar-refractivity contribution < 1.29 is 4.79 Å². The third-order valence-corrected chi connectivity index (χ3v) is 4.28. The summed E-state index contributed by atoms with van der Waals surface area (Å²) in [5.41, 5.74) is 3.20. The molecule has 122 valence electrons. The zero-order valence-electron chi connectivity index (χ0n) is 13.7. The van der Waals surface area contributed by atoms with E-state index < -0.39 is 0 Å². The Morgan fingerprint density at radius 3 is 2.87 bits per heavy atom. The van der Waals surface area contributed by atoms with Gasteiger partial charge in [-0.05, 0) is 37.5 Å². The molecule has 3 rings (SSSR count). The zero-order valence-corrected chi connectivity index (χ0v) is 13.7. The highest BCUT2D eigenvalue weighted by Gasteiger charge is 2.17.